The van der Waals surface area contributed by atoms with Crippen LogP contribution in [0.2, 0.25) is 10.0 Å². The maximum atomic E-state index is 13.8. The Hall–Kier alpha value is -3.88. The van der Waals surface area contributed by atoms with Crippen LogP contribution in [0.1, 0.15) is 42.7 Å². The molecule has 0 aliphatic carbocycles. The Balaban J connectivity index is 1.74. The number of ether oxygens (including phenoxy) is 2. The molecule has 0 bridgehead atoms. The van der Waals surface area contributed by atoms with Gasteiger partial charge >= 0.3 is 6.09 Å². The normalized spacial score (nSPS) is 17.2. The number of methoxy groups -OCH3 is 1. The first kappa shape index (κ1) is 28.1. The van der Waals surface area contributed by atoms with Gasteiger partial charge in [0.2, 0.25) is 5.78 Å². The fraction of sp³-hybridized carbons (Fsp3) is 0.241. The molecule has 1 aliphatic rings. The number of benzene rings is 3. The number of carbonyl (C=O) groups is 4. The van der Waals surface area contributed by atoms with E-state index in [1.807, 2.05) is 0 Å². The molecule has 4 rings (SSSR count). The average molecular weight is 569 g/mol. The maximum Gasteiger partial charge on any atom is 0.412 e. The molecule has 2 atom stereocenters. The Morgan fingerprint density at radius 3 is 2.26 bits per heavy atom. The monoisotopic (exact) mass is 568 g/mol. The average Bonchev–Trinajstić information content (AvgIpc) is 3.13. The number of halogens is 2. The summed E-state index contributed by atoms with van der Waals surface area (Å²) < 4.78 is 10.5. The number of nitrogens with zero attached hydrogens (tertiary/aromatic N) is 1. The Labute approximate surface area is 235 Å². The summed E-state index contributed by atoms with van der Waals surface area (Å²) in [5.74, 6) is -3.27. The van der Waals surface area contributed by atoms with Gasteiger partial charge in [-0.25, -0.2) is 4.79 Å². The van der Waals surface area contributed by atoms with Crippen molar-refractivity contribution in [2.24, 2.45) is 5.92 Å². The van der Waals surface area contributed by atoms with Gasteiger partial charge in [-0.2, -0.15) is 0 Å². The Morgan fingerprint density at radius 2 is 1.64 bits per heavy atom. The lowest BCUT2D eigenvalue weighted by molar-refractivity contribution is -0.135. The van der Waals surface area contributed by atoms with E-state index >= 15 is 0 Å². The van der Waals surface area contributed by atoms with Gasteiger partial charge in [-0.3, -0.25) is 24.6 Å². The molecule has 0 aromatic heterocycles. The zero-order valence-electron chi connectivity index (χ0n) is 21.7. The molecule has 1 N–H and O–H groups in total. The van der Waals surface area contributed by atoms with Gasteiger partial charge in [0.05, 0.1) is 18.2 Å². The number of carbonyl (C=O) groups excluding carboxylic acids is 4. The highest BCUT2D eigenvalue weighted by Crippen LogP contribution is 2.43. The molecule has 2 unspecified atom stereocenters. The molecule has 1 heterocycles. The van der Waals surface area contributed by atoms with Gasteiger partial charge in [-0.15, -0.1) is 0 Å². The third-order valence-electron chi connectivity index (χ3n) is 6.01. The van der Waals surface area contributed by atoms with Gasteiger partial charge < -0.3 is 9.47 Å². The lowest BCUT2D eigenvalue weighted by Crippen LogP contribution is -2.30. The van der Waals surface area contributed by atoms with Crippen molar-refractivity contribution in [3.63, 3.8) is 0 Å². The van der Waals surface area contributed by atoms with E-state index in [1.165, 1.54) is 30.2 Å². The summed E-state index contributed by atoms with van der Waals surface area (Å²) in [4.78, 5) is 54.1. The molecular formula is C29H26Cl2N2O6. The number of hydrogen-bond donors (Lipinski definition) is 1. The first-order valence-electron chi connectivity index (χ1n) is 12.0. The van der Waals surface area contributed by atoms with E-state index in [0.717, 1.165) is 0 Å². The van der Waals surface area contributed by atoms with Crippen LogP contribution in [0.3, 0.4) is 0 Å². The smallest absolute Gasteiger partial charge is 0.412 e. The van der Waals surface area contributed by atoms with Crippen LogP contribution in [0.25, 0.3) is 0 Å². The molecule has 3 aromatic carbocycles. The van der Waals surface area contributed by atoms with Crippen molar-refractivity contribution >= 4 is 58.1 Å². The van der Waals surface area contributed by atoms with Crippen molar-refractivity contribution in [1.29, 1.82) is 0 Å². The zero-order chi connectivity index (χ0) is 28.5. The van der Waals surface area contributed by atoms with Crippen LogP contribution in [0.4, 0.5) is 16.2 Å². The second kappa shape index (κ2) is 11.1. The standard InChI is InChI=1S/C29H26Cl2N2O6/c1-29(2,3)39-28(37)32-19-7-5-6-17(14-19)25(34)23-24(16-8-10-18(30)11-9-16)33(27(36)26(23)35)20-12-13-22(38-4)21(31)15-20/h5-15,23-24H,1-4H3,(H,32,37). The molecule has 1 aliphatic heterocycles. The molecule has 0 radical (unpaired) electrons. The lowest BCUT2D eigenvalue weighted by atomic mass is 9.86. The number of ketones is 2. The third-order valence-corrected chi connectivity index (χ3v) is 6.55. The fourth-order valence-electron chi connectivity index (χ4n) is 4.37. The molecule has 8 nitrogen and oxygen atoms in total. The van der Waals surface area contributed by atoms with Crippen molar-refractivity contribution in [1.82, 2.24) is 0 Å². The molecule has 3 aromatic rings. The van der Waals surface area contributed by atoms with E-state index in [2.05, 4.69) is 5.32 Å². The van der Waals surface area contributed by atoms with Gasteiger partial charge in [0.15, 0.2) is 5.78 Å². The van der Waals surface area contributed by atoms with Gasteiger partial charge in [-0.1, -0.05) is 47.5 Å². The molecule has 2 amide bonds. The summed E-state index contributed by atoms with van der Waals surface area (Å²) >= 11 is 12.4. The summed E-state index contributed by atoms with van der Waals surface area (Å²) in [5.41, 5.74) is 0.590. The Kier molecular flexibility index (Phi) is 7.99. The number of Topliss-reactive ketones (excluding diaryl/α,β-unsaturated/α-hetero) is 2. The molecule has 0 spiro atoms. The lowest BCUT2D eigenvalue weighted by Gasteiger charge is -2.27. The summed E-state index contributed by atoms with van der Waals surface area (Å²) in [7, 11) is 1.46. The minimum Gasteiger partial charge on any atom is -0.495 e. The minimum absolute atomic E-state index is 0.142. The maximum absolute atomic E-state index is 13.8. The highest BCUT2D eigenvalue weighted by molar-refractivity contribution is 6.49. The van der Waals surface area contributed by atoms with Crippen LogP contribution >= 0.6 is 23.2 Å². The summed E-state index contributed by atoms with van der Waals surface area (Å²) in [6, 6.07) is 16.4. The van der Waals surface area contributed by atoms with Gasteiger partial charge in [0.1, 0.15) is 17.3 Å². The predicted octanol–water partition coefficient (Wildman–Crippen LogP) is 6.51. The molecule has 202 valence electrons. The minimum atomic E-state index is -1.36. The van der Waals surface area contributed by atoms with Crippen LogP contribution in [0, 0.1) is 5.92 Å². The zero-order valence-corrected chi connectivity index (χ0v) is 23.2. The quantitative estimate of drug-likeness (QED) is 0.207. The van der Waals surface area contributed by atoms with Gasteiger partial charge in [-0.05, 0) is 68.8 Å². The van der Waals surface area contributed by atoms with E-state index in [0.29, 0.717) is 27.7 Å². The second-order valence-electron chi connectivity index (χ2n) is 9.90. The van der Waals surface area contributed by atoms with Crippen molar-refractivity contribution in [3.8, 4) is 5.75 Å². The van der Waals surface area contributed by atoms with E-state index in [1.54, 1.807) is 69.3 Å². The van der Waals surface area contributed by atoms with Crippen LogP contribution in [0.15, 0.2) is 66.7 Å². The van der Waals surface area contributed by atoms with Crippen molar-refractivity contribution in [2.45, 2.75) is 32.4 Å². The highest BCUT2D eigenvalue weighted by Gasteiger charge is 2.52. The van der Waals surface area contributed by atoms with Gasteiger partial charge in [0.25, 0.3) is 5.91 Å². The van der Waals surface area contributed by atoms with Crippen LogP contribution in [-0.4, -0.2) is 36.3 Å². The largest absolute Gasteiger partial charge is 0.495 e. The van der Waals surface area contributed by atoms with E-state index in [-0.39, 0.29) is 10.6 Å². The van der Waals surface area contributed by atoms with Crippen LogP contribution in [0.5, 0.6) is 5.75 Å². The third kappa shape index (κ3) is 6.08. The fourth-order valence-corrected chi connectivity index (χ4v) is 4.75. The first-order chi connectivity index (χ1) is 18.4. The van der Waals surface area contributed by atoms with Crippen molar-refractivity contribution < 1.29 is 28.7 Å². The molecule has 1 saturated heterocycles. The summed E-state index contributed by atoms with van der Waals surface area (Å²) in [6.07, 6.45) is -0.694. The van der Waals surface area contributed by atoms with Gasteiger partial charge in [0, 0.05) is 22.0 Å². The predicted molar refractivity (Wildman–Crippen MR) is 149 cm³/mol. The number of hydrogen-bond acceptors (Lipinski definition) is 6. The Morgan fingerprint density at radius 1 is 0.949 bits per heavy atom. The Bertz CT molecular complexity index is 1450. The molecule has 10 heteroatoms. The molecule has 39 heavy (non-hydrogen) atoms. The van der Waals surface area contributed by atoms with E-state index in [9.17, 15) is 19.2 Å². The van der Waals surface area contributed by atoms with Crippen molar-refractivity contribution in [3.05, 3.63) is 87.9 Å². The van der Waals surface area contributed by atoms with E-state index in [4.69, 9.17) is 32.7 Å². The number of nitrogens with one attached hydrogen (secondary N) is 1. The molecular weight excluding hydrogens is 543 g/mol. The number of rotatable bonds is 6. The topological polar surface area (TPSA) is 102 Å². The molecule has 1 fully saturated rings. The molecule has 0 saturated carbocycles. The van der Waals surface area contributed by atoms with Crippen LogP contribution < -0.4 is 15.0 Å². The summed E-state index contributed by atoms with van der Waals surface area (Å²) in [6.45, 7) is 5.19. The SMILES string of the molecule is COc1ccc(N2C(=O)C(=O)C(C(=O)c3cccc(NC(=O)OC(C)(C)C)c3)C2c2ccc(Cl)cc2)cc1Cl. The van der Waals surface area contributed by atoms with E-state index < -0.39 is 41.1 Å². The van der Waals surface area contributed by atoms with Crippen LogP contribution in [-0.2, 0) is 14.3 Å². The second-order valence-corrected chi connectivity index (χ2v) is 10.7. The summed E-state index contributed by atoms with van der Waals surface area (Å²) in [5, 5.41) is 3.28. The number of anilines is 2. The van der Waals surface area contributed by atoms with Crippen molar-refractivity contribution in [2.75, 3.05) is 17.3 Å². The number of amides is 2. The highest BCUT2D eigenvalue weighted by atomic mass is 35.5. The first-order valence-corrected chi connectivity index (χ1v) is 12.8.